The second kappa shape index (κ2) is 6.43. The van der Waals surface area contributed by atoms with Crippen molar-refractivity contribution in [3.8, 4) is 0 Å². The molecule has 0 bridgehead atoms. The number of aryl methyl sites for hydroxylation is 1. The zero-order valence-electron chi connectivity index (χ0n) is 17.3. The zero-order chi connectivity index (χ0) is 19.5. The lowest BCUT2D eigenvalue weighted by molar-refractivity contribution is -0.101. The molecule has 0 fully saturated rings. The number of ether oxygens (including phenoxy) is 1. The molecular weight excluding hydrogens is 346 g/mol. The minimum atomic E-state index is -0.374. The molecule has 0 saturated carbocycles. The molecule has 4 heteroatoms. The van der Waals surface area contributed by atoms with Crippen molar-refractivity contribution in [2.75, 3.05) is 13.6 Å². The van der Waals surface area contributed by atoms with Crippen LogP contribution in [0.25, 0.3) is 10.9 Å². The summed E-state index contributed by atoms with van der Waals surface area (Å²) in [5.41, 5.74) is 6.55. The Hall–Kier alpha value is -2.17. The average molecular weight is 376 g/mol. The highest BCUT2D eigenvalue weighted by molar-refractivity contribution is 5.87. The van der Waals surface area contributed by atoms with E-state index in [9.17, 15) is 0 Å². The molecule has 3 aromatic rings. The Morgan fingerprint density at radius 2 is 1.96 bits per heavy atom. The van der Waals surface area contributed by atoms with Gasteiger partial charge in [0, 0.05) is 48.0 Å². The molecule has 2 aromatic heterocycles. The first-order valence-electron chi connectivity index (χ1n) is 10.3. The van der Waals surface area contributed by atoms with Crippen LogP contribution in [0.2, 0.25) is 0 Å². The van der Waals surface area contributed by atoms with Crippen LogP contribution >= 0.6 is 0 Å². The molecule has 2 aliphatic heterocycles. The van der Waals surface area contributed by atoms with Crippen LogP contribution in [0, 0.1) is 6.92 Å². The standard InChI is InChI=1S/C24H29N3O/c1-16-5-6-22-20(11-16)21-14-26(4)13-18-12-17(2)28-24(3,15-27(22)23(18)21)19-7-9-25-10-8-19/h5-11,17-18H,12-15H2,1-4H3. The molecule has 146 valence electrons. The van der Waals surface area contributed by atoms with Crippen molar-refractivity contribution in [3.05, 3.63) is 65.1 Å². The number of hydrogen-bond donors (Lipinski definition) is 0. The lowest BCUT2D eigenvalue weighted by Crippen LogP contribution is -2.41. The maximum atomic E-state index is 6.73. The quantitative estimate of drug-likeness (QED) is 0.623. The lowest BCUT2D eigenvalue weighted by Gasteiger charge is -2.41. The maximum Gasteiger partial charge on any atom is 0.109 e. The highest BCUT2D eigenvalue weighted by atomic mass is 16.5. The van der Waals surface area contributed by atoms with Gasteiger partial charge in [0.15, 0.2) is 0 Å². The highest BCUT2D eigenvalue weighted by Gasteiger charge is 2.39. The third-order valence-electron chi connectivity index (χ3n) is 6.54. The van der Waals surface area contributed by atoms with E-state index in [1.54, 1.807) is 0 Å². The summed E-state index contributed by atoms with van der Waals surface area (Å²) in [6.07, 6.45) is 5.00. The van der Waals surface area contributed by atoms with Crippen molar-refractivity contribution in [3.63, 3.8) is 0 Å². The number of hydrogen-bond acceptors (Lipinski definition) is 3. The minimum absolute atomic E-state index is 0.205. The Kier molecular flexibility index (Phi) is 4.11. The smallest absolute Gasteiger partial charge is 0.109 e. The molecule has 4 heterocycles. The van der Waals surface area contributed by atoms with Gasteiger partial charge in [0.2, 0.25) is 0 Å². The average Bonchev–Trinajstić information content (AvgIpc) is 2.94. The predicted octanol–water partition coefficient (Wildman–Crippen LogP) is 4.60. The topological polar surface area (TPSA) is 30.3 Å². The number of nitrogens with zero attached hydrogens (tertiary/aromatic N) is 3. The van der Waals surface area contributed by atoms with Crippen LogP contribution in [0.3, 0.4) is 0 Å². The van der Waals surface area contributed by atoms with Crippen molar-refractivity contribution >= 4 is 10.9 Å². The van der Waals surface area contributed by atoms with E-state index in [0.717, 1.165) is 26.1 Å². The van der Waals surface area contributed by atoms with Gasteiger partial charge in [-0.15, -0.1) is 0 Å². The highest BCUT2D eigenvalue weighted by Crippen LogP contribution is 2.43. The van der Waals surface area contributed by atoms with Gasteiger partial charge >= 0.3 is 0 Å². The van der Waals surface area contributed by atoms with Gasteiger partial charge in [-0.2, -0.15) is 0 Å². The number of aromatic nitrogens is 2. The summed E-state index contributed by atoms with van der Waals surface area (Å²) in [5, 5.41) is 1.41. The second-order valence-corrected chi connectivity index (χ2v) is 9.00. The summed E-state index contributed by atoms with van der Waals surface area (Å²) in [6.45, 7) is 9.62. The third-order valence-corrected chi connectivity index (χ3v) is 6.54. The molecule has 2 aliphatic rings. The van der Waals surface area contributed by atoms with Crippen molar-refractivity contribution in [1.82, 2.24) is 14.5 Å². The van der Waals surface area contributed by atoms with Gasteiger partial charge in [0.25, 0.3) is 0 Å². The first-order valence-corrected chi connectivity index (χ1v) is 10.3. The Labute approximate surface area is 167 Å². The van der Waals surface area contributed by atoms with Gasteiger partial charge in [-0.25, -0.2) is 0 Å². The fourth-order valence-corrected chi connectivity index (χ4v) is 5.44. The largest absolute Gasteiger partial charge is 0.366 e. The van der Waals surface area contributed by atoms with Gasteiger partial charge in [0.1, 0.15) is 5.60 Å². The number of pyridine rings is 1. The number of rotatable bonds is 1. The molecule has 0 N–H and O–H groups in total. The summed E-state index contributed by atoms with van der Waals surface area (Å²) < 4.78 is 9.29. The van der Waals surface area contributed by atoms with Crippen LogP contribution in [0.1, 0.15) is 48.6 Å². The summed E-state index contributed by atoms with van der Waals surface area (Å²) in [5.74, 6) is 0.512. The molecule has 3 unspecified atom stereocenters. The van der Waals surface area contributed by atoms with Crippen LogP contribution in [0.4, 0.5) is 0 Å². The van der Waals surface area contributed by atoms with E-state index in [1.165, 1.54) is 33.3 Å². The number of benzene rings is 1. The summed E-state index contributed by atoms with van der Waals surface area (Å²) >= 11 is 0. The van der Waals surface area contributed by atoms with E-state index < -0.39 is 0 Å². The Morgan fingerprint density at radius 1 is 1.18 bits per heavy atom. The van der Waals surface area contributed by atoms with E-state index >= 15 is 0 Å². The van der Waals surface area contributed by atoms with Crippen LogP contribution < -0.4 is 0 Å². The fraction of sp³-hybridized carbons (Fsp3) is 0.458. The van der Waals surface area contributed by atoms with Gasteiger partial charge < -0.3 is 14.2 Å². The lowest BCUT2D eigenvalue weighted by atomic mass is 9.88. The zero-order valence-corrected chi connectivity index (χ0v) is 17.3. The van der Waals surface area contributed by atoms with E-state index in [0.29, 0.717) is 5.92 Å². The summed E-state index contributed by atoms with van der Waals surface area (Å²) in [7, 11) is 2.24. The van der Waals surface area contributed by atoms with Crippen LogP contribution in [-0.2, 0) is 23.4 Å². The van der Waals surface area contributed by atoms with Crippen LogP contribution in [-0.4, -0.2) is 34.1 Å². The Balaban J connectivity index is 1.75. The van der Waals surface area contributed by atoms with E-state index in [2.05, 4.69) is 72.6 Å². The first-order chi connectivity index (χ1) is 13.4. The molecule has 0 amide bonds. The Bertz CT molecular complexity index is 1030. The van der Waals surface area contributed by atoms with Crippen molar-refractivity contribution in [2.45, 2.75) is 57.9 Å². The first kappa shape index (κ1) is 17.9. The third kappa shape index (κ3) is 2.78. The van der Waals surface area contributed by atoms with Gasteiger partial charge in [-0.05, 0) is 69.6 Å². The molecule has 0 radical (unpaired) electrons. The van der Waals surface area contributed by atoms with E-state index in [4.69, 9.17) is 4.74 Å². The van der Waals surface area contributed by atoms with Crippen molar-refractivity contribution in [2.24, 2.45) is 0 Å². The molecule has 3 atom stereocenters. The van der Waals surface area contributed by atoms with Crippen molar-refractivity contribution in [1.29, 1.82) is 0 Å². The normalized spacial score (nSPS) is 28.0. The molecule has 4 nitrogen and oxygen atoms in total. The van der Waals surface area contributed by atoms with Crippen LogP contribution in [0.15, 0.2) is 42.7 Å². The Morgan fingerprint density at radius 3 is 2.75 bits per heavy atom. The summed E-state index contributed by atoms with van der Waals surface area (Å²) in [4.78, 5) is 6.68. The molecule has 5 rings (SSSR count). The van der Waals surface area contributed by atoms with Gasteiger partial charge in [-0.1, -0.05) is 11.6 Å². The van der Waals surface area contributed by atoms with Crippen molar-refractivity contribution < 1.29 is 4.74 Å². The molecule has 1 aromatic carbocycles. The number of likely N-dealkylation sites (N-methyl/N-ethyl adjacent to an activating group) is 1. The monoisotopic (exact) mass is 375 g/mol. The van der Waals surface area contributed by atoms with Gasteiger partial charge in [-0.3, -0.25) is 4.98 Å². The summed E-state index contributed by atoms with van der Waals surface area (Å²) in [6, 6.07) is 11.1. The van der Waals surface area contributed by atoms with E-state index in [1.807, 2.05) is 12.4 Å². The molecule has 0 saturated heterocycles. The second-order valence-electron chi connectivity index (χ2n) is 9.00. The van der Waals surface area contributed by atoms with Crippen LogP contribution in [0.5, 0.6) is 0 Å². The molecule has 0 spiro atoms. The molecular formula is C24H29N3O. The predicted molar refractivity (Wildman–Crippen MR) is 113 cm³/mol. The number of fused-ring (bicyclic) bond motifs is 3. The SMILES string of the molecule is Cc1ccc2c(c1)c1c3n2CC(C)(c2ccncc2)OC(C)CC3CN(C)C1. The molecule has 0 aliphatic carbocycles. The maximum absolute atomic E-state index is 6.73. The molecule has 28 heavy (non-hydrogen) atoms. The van der Waals surface area contributed by atoms with E-state index in [-0.39, 0.29) is 11.7 Å². The minimum Gasteiger partial charge on any atom is -0.366 e. The van der Waals surface area contributed by atoms with Gasteiger partial charge in [0.05, 0.1) is 12.6 Å². The fourth-order valence-electron chi connectivity index (χ4n) is 5.44.